The normalized spacial score (nSPS) is 29.5. The molecule has 0 aromatic carbocycles. The lowest BCUT2D eigenvalue weighted by atomic mass is 9.83. The van der Waals surface area contributed by atoms with Gasteiger partial charge < -0.3 is 15.7 Å². The molecule has 1 heterocycles. The van der Waals surface area contributed by atoms with Crippen LogP contribution in [0.15, 0.2) is 0 Å². The predicted molar refractivity (Wildman–Crippen MR) is 75.6 cm³/mol. The van der Waals surface area contributed by atoms with Gasteiger partial charge >= 0.3 is 0 Å². The molecule has 1 aliphatic heterocycles. The van der Waals surface area contributed by atoms with Crippen LogP contribution < -0.4 is 5.73 Å². The van der Waals surface area contributed by atoms with E-state index in [9.17, 15) is 4.79 Å². The maximum absolute atomic E-state index is 12.1. The zero-order chi connectivity index (χ0) is 13.7. The van der Waals surface area contributed by atoms with Gasteiger partial charge in [-0.2, -0.15) is 0 Å². The number of hydrogen-bond donors (Lipinski definition) is 2. The van der Waals surface area contributed by atoms with Crippen molar-refractivity contribution in [3.8, 4) is 0 Å². The van der Waals surface area contributed by atoms with Crippen molar-refractivity contribution < 1.29 is 9.90 Å². The van der Waals surface area contributed by atoms with E-state index in [-0.39, 0.29) is 6.61 Å². The number of amides is 1. The number of nitrogens with zero attached hydrogens (tertiary/aromatic N) is 1. The molecule has 110 valence electrons. The van der Waals surface area contributed by atoms with Gasteiger partial charge in [-0.1, -0.05) is 12.8 Å². The van der Waals surface area contributed by atoms with E-state index in [2.05, 4.69) is 0 Å². The standard InChI is InChI=1S/C15H28N2O2/c16-14-3-1-2-12(10-14)4-5-15(19)17-8-6-13(11-18)7-9-17/h12-14,18H,1-11,16H2. The Morgan fingerprint density at radius 1 is 1.16 bits per heavy atom. The first-order valence-corrected chi connectivity index (χ1v) is 7.83. The van der Waals surface area contributed by atoms with Crippen LogP contribution in [0, 0.1) is 11.8 Å². The van der Waals surface area contributed by atoms with Crippen molar-refractivity contribution in [1.82, 2.24) is 4.90 Å². The maximum Gasteiger partial charge on any atom is 0.222 e. The average molecular weight is 268 g/mol. The summed E-state index contributed by atoms with van der Waals surface area (Å²) in [6, 6.07) is 0.356. The molecule has 0 radical (unpaired) electrons. The molecule has 2 fully saturated rings. The molecule has 0 aromatic heterocycles. The molecule has 3 N–H and O–H groups in total. The van der Waals surface area contributed by atoms with Crippen molar-refractivity contribution in [3.05, 3.63) is 0 Å². The molecule has 19 heavy (non-hydrogen) atoms. The second-order valence-corrected chi connectivity index (χ2v) is 6.34. The third-order valence-electron chi connectivity index (χ3n) is 4.82. The number of piperidine rings is 1. The summed E-state index contributed by atoms with van der Waals surface area (Å²) in [4.78, 5) is 14.1. The Balaban J connectivity index is 1.67. The van der Waals surface area contributed by atoms with Crippen LogP contribution in [-0.4, -0.2) is 41.7 Å². The Morgan fingerprint density at radius 3 is 2.53 bits per heavy atom. The van der Waals surface area contributed by atoms with Crippen LogP contribution in [0.25, 0.3) is 0 Å². The molecule has 2 rings (SSSR count). The lowest BCUT2D eigenvalue weighted by molar-refractivity contribution is -0.133. The highest BCUT2D eigenvalue weighted by Crippen LogP contribution is 2.27. The van der Waals surface area contributed by atoms with Crippen molar-refractivity contribution in [1.29, 1.82) is 0 Å². The van der Waals surface area contributed by atoms with E-state index in [4.69, 9.17) is 10.8 Å². The van der Waals surface area contributed by atoms with Crippen LogP contribution >= 0.6 is 0 Å². The van der Waals surface area contributed by atoms with Crippen molar-refractivity contribution in [3.63, 3.8) is 0 Å². The predicted octanol–water partition coefficient (Wildman–Crippen LogP) is 1.51. The number of aliphatic hydroxyl groups excluding tert-OH is 1. The van der Waals surface area contributed by atoms with E-state index in [1.807, 2.05) is 4.90 Å². The molecule has 0 spiro atoms. The summed E-state index contributed by atoms with van der Waals surface area (Å²) in [6.45, 7) is 1.92. The van der Waals surface area contributed by atoms with Crippen molar-refractivity contribution in [2.75, 3.05) is 19.7 Å². The number of rotatable bonds is 4. The first-order chi connectivity index (χ1) is 9.19. The molecule has 2 atom stereocenters. The van der Waals surface area contributed by atoms with E-state index < -0.39 is 0 Å². The Bertz CT molecular complexity index is 288. The Labute approximate surface area is 116 Å². The molecule has 4 nitrogen and oxygen atoms in total. The number of likely N-dealkylation sites (tertiary alicyclic amines) is 1. The summed E-state index contributed by atoms with van der Waals surface area (Å²) in [7, 11) is 0. The van der Waals surface area contributed by atoms with E-state index in [1.165, 1.54) is 12.8 Å². The van der Waals surface area contributed by atoms with Crippen LogP contribution in [0.5, 0.6) is 0 Å². The molecule has 0 aromatic rings. The monoisotopic (exact) mass is 268 g/mol. The Kier molecular flexibility index (Phi) is 5.64. The first-order valence-electron chi connectivity index (χ1n) is 7.83. The van der Waals surface area contributed by atoms with E-state index in [0.717, 1.165) is 45.2 Å². The molecule has 4 heteroatoms. The summed E-state index contributed by atoms with van der Waals surface area (Å²) in [5.41, 5.74) is 5.99. The van der Waals surface area contributed by atoms with Crippen LogP contribution in [-0.2, 0) is 4.79 Å². The Hall–Kier alpha value is -0.610. The summed E-state index contributed by atoms with van der Waals surface area (Å²) < 4.78 is 0. The van der Waals surface area contributed by atoms with Gasteiger partial charge in [0.2, 0.25) is 5.91 Å². The van der Waals surface area contributed by atoms with Crippen molar-refractivity contribution >= 4 is 5.91 Å². The van der Waals surface area contributed by atoms with Gasteiger partial charge in [-0.05, 0) is 43.9 Å². The van der Waals surface area contributed by atoms with Gasteiger partial charge in [0.1, 0.15) is 0 Å². The third kappa shape index (κ3) is 4.46. The number of hydrogen-bond acceptors (Lipinski definition) is 3. The summed E-state index contributed by atoms with van der Waals surface area (Å²) in [5.74, 6) is 1.36. The van der Waals surface area contributed by atoms with Gasteiger partial charge in [0, 0.05) is 32.2 Å². The minimum atomic E-state index is 0.266. The fourth-order valence-corrected chi connectivity index (χ4v) is 3.45. The second-order valence-electron chi connectivity index (χ2n) is 6.34. The van der Waals surface area contributed by atoms with Crippen molar-refractivity contribution in [2.45, 2.75) is 57.4 Å². The van der Waals surface area contributed by atoms with E-state index >= 15 is 0 Å². The number of aliphatic hydroxyl groups is 1. The summed E-state index contributed by atoms with van der Waals surface area (Å²) >= 11 is 0. The summed E-state index contributed by atoms with van der Waals surface area (Å²) in [5, 5.41) is 9.10. The fraction of sp³-hybridized carbons (Fsp3) is 0.933. The number of carbonyl (C=O) groups is 1. The topological polar surface area (TPSA) is 66.6 Å². The van der Waals surface area contributed by atoms with Crippen molar-refractivity contribution in [2.24, 2.45) is 17.6 Å². The highest BCUT2D eigenvalue weighted by atomic mass is 16.3. The molecule has 0 bridgehead atoms. The quantitative estimate of drug-likeness (QED) is 0.812. The highest BCUT2D eigenvalue weighted by molar-refractivity contribution is 5.76. The van der Waals surface area contributed by atoms with Crippen LogP contribution in [0.4, 0.5) is 0 Å². The van der Waals surface area contributed by atoms with Gasteiger partial charge in [0.05, 0.1) is 0 Å². The minimum absolute atomic E-state index is 0.266. The SMILES string of the molecule is NC1CCCC(CCC(=O)N2CCC(CO)CC2)C1. The van der Waals surface area contributed by atoms with Gasteiger partial charge in [-0.3, -0.25) is 4.79 Å². The zero-order valence-electron chi connectivity index (χ0n) is 11.9. The largest absolute Gasteiger partial charge is 0.396 e. The molecule has 1 saturated heterocycles. The van der Waals surface area contributed by atoms with Gasteiger partial charge in [0.25, 0.3) is 0 Å². The van der Waals surface area contributed by atoms with Gasteiger partial charge in [0.15, 0.2) is 0 Å². The van der Waals surface area contributed by atoms with Crippen LogP contribution in [0.3, 0.4) is 0 Å². The zero-order valence-corrected chi connectivity index (χ0v) is 11.9. The minimum Gasteiger partial charge on any atom is -0.396 e. The van der Waals surface area contributed by atoms with Gasteiger partial charge in [-0.15, -0.1) is 0 Å². The third-order valence-corrected chi connectivity index (χ3v) is 4.82. The molecule has 2 unspecified atom stereocenters. The Morgan fingerprint density at radius 2 is 1.89 bits per heavy atom. The summed E-state index contributed by atoms with van der Waals surface area (Å²) in [6.07, 6.45) is 8.31. The van der Waals surface area contributed by atoms with Crippen LogP contribution in [0.2, 0.25) is 0 Å². The second kappa shape index (κ2) is 7.25. The highest BCUT2D eigenvalue weighted by Gasteiger charge is 2.24. The molecule has 1 amide bonds. The van der Waals surface area contributed by atoms with Crippen LogP contribution in [0.1, 0.15) is 51.4 Å². The van der Waals surface area contributed by atoms with Gasteiger partial charge in [-0.25, -0.2) is 0 Å². The van der Waals surface area contributed by atoms with E-state index in [1.54, 1.807) is 0 Å². The molecular weight excluding hydrogens is 240 g/mol. The lowest BCUT2D eigenvalue weighted by Gasteiger charge is -2.32. The molecule has 1 saturated carbocycles. The number of nitrogens with two attached hydrogens (primary N) is 1. The maximum atomic E-state index is 12.1. The smallest absolute Gasteiger partial charge is 0.222 e. The molecule has 2 aliphatic rings. The fourth-order valence-electron chi connectivity index (χ4n) is 3.45. The average Bonchev–Trinajstić information content (AvgIpc) is 2.45. The lowest BCUT2D eigenvalue weighted by Crippen LogP contribution is -2.39. The van der Waals surface area contributed by atoms with E-state index in [0.29, 0.717) is 30.2 Å². The number of carbonyl (C=O) groups excluding carboxylic acids is 1. The first kappa shape index (κ1) is 14.8. The molecular formula is C15H28N2O2. The molecule has 1 aliphatic carbocycles.